The average Bonchev–Trinajstić information content (AvgIpc) is 2.49. The first-order chi connectivity index (χ1) is 10.2. The molecule has 0 bridgehead atoms. The zero-order valence-electron chi connectivity index (χ0n) is 10.8. The maximum Gasteiger partial charge on any atom is 0.240 e. The summed E-state index contributed by atoms with van der Waals surface area (Å²) in [5, 5.41) is 9.10. The number of nitrogens with zero attached hydrogens (tertiary/aromatic N) is 3. The van der Waals surface area contributed by atoms with Gasteiger partial charge in [0.15, 0.2) is 0 Å². The lowest BCUT2D eigenvalue weighted by atomic mass is 10.0. The number of benzene rings is 2. The Morgan fingerprint density at radius 1 is 0.714 bits per heavy atom. The smallest absolute Gasteiger partial charge is 0.240 e. The molecule has 4 nitrogen and oxygen atoms in total. The van der Waals surface area contributed by atoms with E-state index in [0.717, 1.165) is 11.1 Å². The van der Waals surface area contributed by atoms with Gasteiger partial charge in [-0.05, 0) is 12.1 Å². The Hall–Kier alpha value is -2.17. The molecule has 3 rings (SSSR count). The van der Waals surface area contributed by atoms with E-state index in [1.54, 1.807) is 12.1 Å². The van der Waals surface area contributed by atoms with E-state index < -0.39 is 0 Å². The number of anilines is 1. The quantitative estimate of drug-likeness (QED) is 0.773. The molecule has 0 aliphatic heterocycles. The summed E-state index contributed by atoms with van der Waals surface area (Å²) in [6.45, 7) is 0. The number of hydrogen-bond acceptors (Lipinski definition) is 4. The van der Waals surface area contributed by atoms with Gasteiger partial charge >= 0.3 is 0 Å². The monoisotopic (exact) mass is 316 g/mol. The molecule has 6 heteroatoms. The van der Waals surface area contributed by atoms with Gasteiger partial charge in [-0.2, -0.15) is 0 Å². The summed E-state index contributed by atoms with van der Waals surface area (Å²) in [6.07, 6.45) is 0. The summed E-state index contributed by atoms with van der Waals surface area (Å²) in [5.74, 6) is 0.0840. The van der Waals surface area contributed by atoms with Crippen molar-refractivity contribution in [3.8, 4) is 22.5 Å². The summed E-state index contributed by atoms with van der Waals surface area (Å²) in [7, 11) is 0. The predicted molar refractivity (Wildman–Crippen MR) is 85.1 cm³/mol. The van der Waals surface area contributed by atoms with Gasteiger partial charge in [-0.25, -0.2) is 4.98 Å². The van der Waals surface area contributed by atoms with Crippen molar-refractivity contribution < 1.29 is 0 Å². The van der Waals surface area contributed by atoms with Crippen LogP contribution in [0.4, 0.5) is 5.95 Å². The molecular formula is C15H10Cl2N4. The van der Waals surface area contributed by atoms with Crippen LogP contribution in [0.25, 0.3) is 22.5 Å². The maximum absolute atomic E-state index is 6.25. The summed E-state index contributed by atoms with van der Waals surface area (Å²) < 4.78 is 0. The number of aromatic nitrogens is 3. The minimum atomic E-state index is 0.0840. The molecule has 0 unspecified atom stereocenters. The second-order valence-corrected chi connectivity index (χ2v) is 5.14. The SMILES string of the molecule is Nc1nnc(-c2ccccc2Cl)c(-c2ccccc2Cl)n1. The Morgan fingerprint density at radius 2 is 1.24 bits per heavy atom. The number of nitrogens with two attached hydrogens (primary N) is 1. The van der Waals surface area contributed by atoms with E-state index in [1.165, 1.54) is 0 Å². The van der Waals surface area contributed by atoms with Crippen LogP contribution in [-0.4, -0.2) is 15.2 Å². The van der Waals surface area contributed by atoms with Crippen molar-refractivity contribution in [3.05, 3.63) is 58.6 Å². The van der Waals surface area contributed by atoms with Crippen LogP contribution < -0.4 is 5.73 Å². The second kappa shape index (κ2) is 5.68. The van der Waals surface area contributed by atoms with Gasteiger partial charge in [-0.3, -0.25) is 0 Å². The van der Waals surface area contributed by atoms with Crippen LogP contribution in [0.2, 0.25) is 10.0 Å². The molecule has 0 amide bonds. The van der Waals surface area contributed by atoms with Crippen LogP contribution in [0.5, 0.6) is 0 Å². The van der Waals surface area contributed by atoms with E-state index in [2.05, 4.69) is 15.2 Å². The Bertz CT molecular complexity index is 805. The number of nitrogen functional groups attached to an aromatic ring is 1. The molecule has 0 radical (unpaired) electrons. The Morgan fingerprint density at radius 3 is 1.81 bits per heavy atom. The van der Waals surface area contributed by atoms with Crippen LogP contribution in [0.3, 0.4) is 0 Å². The van der Waals surface area contributed by atoms with E-state index in [9.17, 15) is 0 Å². The molecule has 2 N–H and O–H groups in total. The molecular weight excluding hydrogens is 307 g/mol. The van der Waals surface area contributed by atoms with Gasteiger partial charge in [0.1, 0.15) is 11.4 Å². The standard InChI is InChI=1S/C15H10Cl2N4/c16-11-7-3-1-5-9(11)13-14(20-21-15(18)19-13)10-6-2-4-8-12(10)17/h1-8H,(H2,18,19,21). The van der Waals surface area contributed by atoms with Crippen molar-refractivity contribution in [2.45, 2.75) is 0 Å². The van der Waals surface area contributed by atoms with Crippen molar-refractivity contribution in [1.29, 1.82) is 0 Å². The van der Waals surface area contributed by atoms with Crippen molar-refractivity contribution in [1.82, 2.24) is 15.2 Å². The Labute approximate surface area is 131 Å². The van der Waals surface area contributed by atoms with E-state index in [1.807, 2.05) is 36.4 Å². The van der Waals surface area contributed by atoms with Crippen LogP contribution in [0.15, 0.2) is 48.5 Å². The molecule has 0 aliphatic rings. The zero-order valence-corrected chi connectivity index (χ0v) is 12.3. The minimum Gasteiger partial charge on any atom is -0.366 e. The number of hydrogen-bond donors (Lipinski definition) is 1. The third-order valence-electron chi connectivity index (χ3n) is 2.96. The zero-order chi connectivity index (χ0) is 14.8. The summed E-state index contributed by atoms with van der Waals surface area (Å²) in [5.41, 5.74) is 8.23. The highest BCUT2D eigenvalue weighted by molar-refractivity contribution is 6.34. The molecule has 0 atom stereocenters. The van der Waals surface area contributed by atoms with Gasteiger partial charge in [-0.15, -0.1) is 10.2 Å². The first-order valence-corrected chi connectivity index (χ1v) is 6.92. The molecule has 0 saturated carbocycles. The summed E-state index contributed by atoms with van der Waals surface area (Å²) in [4.78, 5) is 4.28. The van der Waals surface area contributed by atoms with Gasteiger partial charge < -0.3 is 5.73 Å². The van der Waals surface area contributed by atoms with E-state index in [4.69, 9.17) is 28.9 Å². The highest BCUT2D eigenvalue weighted by Gasteiger charge is 2.16. The van der Waals surface area contributed by atoms with E-state index in [-0.39, 0.29) is 5.95 Å². The highest BCUT2D eigenvalue weighted by atomic mass is 35.5. The van der Waals surface area contributed by atoms with Gasteiger partial charge in [0.2, 0.25) is 5.95 Å². The van der Waals surface area contributed by atoms with E-state index >= 15 is 0 Å². The van der Waals surface area contributed by atoms with Crippen LogP contribution in [0.1, 0.15) is 0 Å². The fourth-order valence-electron chi connectivity index (χ4n) is 2.01. The topological polar surface area (TPSA) is 64.7 Å². The predicted octanol–water partition coefficient (Wildman–Crippen LogP) is 4.09. The molecule has 1 aromatic heterocycles. The fourth-order valence-corrected chi connectivity index (χ4v) is 2.46. The maximum atomic E-state index is 6.25. The van der Waals surface area contributed by atoms with Crippen LogP contribution in [0, 0.1) is 0 Å². The first-order valence-electron chi connectivity index (χ1n) is 6.17. The third kappa shape index (κ3) is 2.68. The Balaban J connectivity index is 2.29. The highest BCUT2D eigenvalue weighted by Crippen LogP contribution is 2.35. The Kier molecular flexibility index (Phi) is 3.73. The van der Waals surface area contributed by atoms with Crippen LogP contribution in [-0.2, 0) is 0 Å². The van der Waals surface area contributed by atoms with Gasteiger partial charge in [0.05, 0.1) is 10.0 Å². The molecule has 21 heavy (non-hydrogen) atoms. The second-order valence-electron chi connectivity index (χ2n) is 4.33. The molecule has 0 fully saturated rings. The van der Waals surface area contributed by atoms with Crippen LogP contribution >= 0.6 is 23.2 Å². The number of halogens is 2. The average molecular weight is 317 g/mol. The molecule has 2 aromatic carbocycles. The lowest BCUT2D eigenvalue weighted by molar-refractivity contribution is 0.997. The molecule has 3 aromatic rings. The van der Waals surface area contributed by atoms with Crippen molar-refractivity contribution in [2.24, 2.45) is 0 Å². The van der Waals surface area contributed by atoms with E-state index in [0.29, 0.717) is 21.4 Å². The lowest BCUT2D eigenvalue weighted by Crippen LogP contribution is -2.02. The third-order valence-corrected chi connectivity index (χ3v) is 3.62. The van der Waals surface area contributed by atoms with Gasteiger partial charge in [-0.1, -0.05) is 59.6 Å². The largest absolute Gasteiger partial charge is 0.366 e. The van der Waals surface area contributed by atoms with Crippen molar-refractivity contribution in [2.75, 3.05) is 5.73 Å². The molecule has 0 aliphatic carbocycles. The molecule has 0 saturated heterocycles. The van der Waals surface area contributed by atoms with Gasteiger partial charge in [0, 0.05) is 11.1 Å². The fraction of sp³-hybridized carbons (Fsp3) is 0. The lowest BCUT2D eigenvalue weighted by Gasteiger charge is -2.10. The minimum absolute atomic E-state index is 0.0840. The molecule has 104 valence electrons. The molecule has 1 heterocycles. The summed E-state index contributed by atoms with van der Waals surface area (Å²) in [6, 6.07) is 14.7. The summed E-state index contributed by atoms with van der Waals surface area (Å²) >= 11 is 12.5. The first kappa shape index (κ1) is 13.8. The van der Waals surface area contributed by atoms with Crippen molar-refractivity contribution >= 4 is 29.2 Å². The number of rotatable bonds is 2. The molecule has 0 spiro atoms. The van der Waals surface area contributed by atoms with Crippen molar-refractivity contribution in [3.63, 3.8) is 0 Å². The normalized spacial score (nSPS) is 10.6. The van der Waals surface area contributed by atoms with Gasteiger partial charge in [0.25, 0.3) is 0 Å².